The minimum Gasteiger partial charge on any atom is -0.324 e. The monoisotopic (exact) mass is 239 g/mol. The molecule has 1 atom stereocenters. The van der Waals surface area contributed by atoms with Crippen molar-refractivity contribution >= 4 is 0 Å². The average Bonchev–Trinajstić information content (AvgIpc) is 2.40. The molecule has 0 heterocycles. The van der Waals surface area contributed by atoms with E-state index in [9.17, 15) is 0 Å². The van der Waals surface area contributed by atoms with Gasteiger partial charge < -0.3 is 5.73 Å². The summed E-state index contributed by atoms with van der Waals surface area (Å²) in [5.41, 5.74) is 11.4. The van der Waals surface area contributed by atoms with Crippen molar-refractivity contribution in [2.45, 2.75) is 32.7 Å². The molecule has 2 aromatic rings. The molecule has 0 saturated carbocycles. The number of rotatable bonds is 4. The third kappa shape index (κ3) is 3.21. The minimum atomic E-state index is 0.0816. The number of hydrogen-bond acceptors (Lipinski definition) is 1. The molecule has 2 aromatic carbocycles. The van der Waals surface area contributed by atoms with Gasteiger partial charge in [0.2, 0.25) is 0 Å². The Hall–Kier alpha value is -1.60. The summed E-state index contributed by atoms with van der Waals surface area (Å²) in [6.07, 6.45) is 1.98. The highest BCUT2D eigenvalue weighted by Gasteiger charge is 2.06. The lowest BCUT2D eigenvalue weighted by Gasteiger charge is -2.12. The molecule has 1 unspecified atom stereocenters. The zero-order chi connectivity index (χ0) is 13.0. The zero-order valence-electron chi connectivity index (χ0n) is 11.2. The van der Waals surface area contributed by atoms with Crippen LogP contribution in [0.4, 0.5) is 0 Å². The van der Waals surface area contributed by atoms with Gasteiger partial charge in [0.15, 0.2) is 0 Å². The van der Waals surface area contributed by atoms with Crippen molar-refractivity contribution in [3.8, 4) is 0 Å². The molecule has 1 heteroatoms. The maximum absolute atomic E-state index is 6.25. The molecular formula is C17H21N. The van der Waals surface area contributed by atoms with Gasteiger partial charge in [-0.2, -0.15) is 0 Å². The van der Waals surface area contributed by atoms with Gasteiger partial charge >= 0.3 is 0 Å². The molecule has 0 aromatic heterocycles. The lowest BCUT2D eigenvalue weighted by molar-refractivity contribution is 0.721. The summed E-state index contributed by atoms with van der Waals surface area (Å²) in [7, 11) is 0. The fourth-order valence-corrected chi connectivity index (χ4v) is 2.10. The molecule has 0 bridgehead atoms. The quantitative estimate of drug-likeness (QED) is 0.863. The third-order valence-electron chi connectivity index (χ3n) is 3.39. The van der Waals surface area contributed by atoms with Crippen molar-refractivity contribution in [3.05, 3.63) is 70.8 Å². The molecule has 94 valence electrons. The Morgan fingerprint density at radius 2 is 1.44 bits per heavy atom. The van der Waals surface area contributed by atoms with E-state index in [0.717, 1.165) is 12.8 Å². The van der Waals surface area contributed by atoms with Gasteiger partial charge in [0.05, 0.1) is 0 Å². The summed E-state index contributed by atoms with van der Waals surface area (Å²) < 4.78 is 0. The molecule has 0 fully saturated rings. The van der Waals surface area contributed by atoms with Crippen molar-refractivity contribution in [3.63, 3.8) is 0 Å². The lowest BCUT2D eigenvalue weighted by Crippen LogP contribution is -2.13. The molecule has 0 aliphatic heterocycles. The van der Waals surface area contributed by atoms with Gasteiger partial charge in [0, 0.05) is 6.04 Å². The Morgan fingerprint density at radius 3 is 2.00 bits per heavy atom. The van der Waals surface area contributed by atoms with E-state index < -0.39 is 0 Å². The fraction of sp³-hybridized carbons (Fsp3) is 0.294. The highest BCUT2D eigenvalue weighted by molar-refractivity contribution is 5.28. The van der Waals surface area contributed by atoms with Crippen molar-refractivity contribution in [1.29, 1.82) is 0 Å². The molecule has 0 radical (unpaired) electrons. The first-order valence-corrected chi connectivity index (χ1v) is 6.59. The van der Waals surface area contributed by atoms with E-state index in [4.69, 9.17) is 5.73 Å². The number of aryl methyl sites for hydroxylation is 2. The van der Waals surface area contributed by atoms with Crippen LogP contribution in [-0.4, -0.2) is 0 Å². The third-order valence-corrected chi connectivity index (χ3v) is 3.39. The molecule has 0 spiro atoms. The largest absolute Gasteiger partial charge is 0.324 e. The Balaban J connectivity index is 2.05. The van der Waals surface area contributed by atoms with Crippen LogP contribution in [0.2, 0.25) is 0 Å². The highest BCUT2D eigenvalue weighted by atomic mass is 14.6. The number of benzene rings is 2. The predicted octanol–water partition coefficient (Wildman–Crippen LogP) is 3.80. The van der Waals surface area contributed by atoms with E-state index in [1.165, 1.54) is 22.3 Å². The van der Waals surface area contributed by atoms with Gasteiger partial charge in [-0.25, -0.2) is 0 Å². The summed E-state index contributed by atoms with van der Waals surface area (Å²) in [6.45, 7) is 4.27. The van der Waals surface area contributed by atoms with Gasteiger partial charge in [-0.3, -0.25) is 0 Å². The van der Waals surface area contributed by atoms with E-state index in [0.29, 0.717) is 0 Å². The summed E-state index contributed by atoms with van der Waals surface area (Å²) in [4.78, 5) is 0. The molecule has 0 aliphatic rings. The molecule has 2 rings (SSSR count). The number of hydrogen-bond donors (Lipinski definition) is 1. The van der Waals surface area contributed by atoms with Crippen LogP contribution < -0.4 is 5.73 Å². The van der Waals surface area contributed by atoms with E-state index in [2.05, 4.69) is 62.4 Å². The molecule has 0 amide bonds. The van der Waals surface area contributed by atoms with Crippen molar-refractivity contribution in [2.75, 3.05) is 0 Å². The Kier molecular flexibility index (Phi) is 4.16. The zero-order valence-corrected chi connectivity index (χ0v) is 11.2. The number of nitrogens with two attached hydrogens (primary N) is 1. The summed E-state index contributed by atoms with van der Waals surface area (Å²) >= 11 is 0. The van der Waals surface area contributed by atoms with Crippen molar-refractivity contribution in [2.24, 2.45) is 5.73 Å². The van der Waals surface area contributed by atoms with E-state index in [1.54, 1.807) is 0 Å². The van der Waals surface area contributed by atoms with Crippen LogP contribution in [0.15, 0.2) is 48.5 Å². The van der Waals surface area contributed by atoms with Gasteiger partial charge in [-0.15, -0.1) is 0 Å². The second-order valence-corrected chi connectivity index (χ2v) is 4.89. The van der Waals surface area contributed by atoms with Crippen LogP contribution in [0.3, 0.4) is 0 Å². The van der Waals surface area contributed by atoms with Crippen LogP contribution in [0.25, 0.3) is 0 Å². The van der Waals surface area contributed by atoms with Gasteiger partial charge in [-0.05, 0) is 36.5 Å². The summed E-state index contributed by atoms with van der Waals surface area (Å²) in [5.74, 6) is 0. The van der Waals surface area contributed by atoms with Gasteiger partial charge in [0.1, 0.15) is 0 Å². The maximum atomic E-state index is 6.25. The summed E-state index contributed by atoms with van der Waals surface area (Å²) in [6, 6.07) is 17.3. The first kappa shape index (κ1) is 12.8. The topological polar surface area (TPSA) is 26.0 Å². The van der Waals surface area contributed by atoms with Crippen molar-refractivity contribution < 1.29 is 0 Å². The first-order chi connectivity index (χ1) is 8.69. The van der Waals surface area contributed by atoms with E-state index in [-0.39, 0.29) is 6.04 Å². The van der Waals surface area contributed by atoms with Gasteiger partial charge in [-0.1, -0.05) is 61.0 Å². The van der Waals surface area contributed by atoms with Crippen LogP contribution in [0, 0.1) is 6.92 Å². The Bertz CT molecular complexity index is 482. The second-order valence-electron chi connectivity index (χ2n) is 4.89. The minimum absolute atomic E-state index is 0.0816. The maximum Gasteiger partial charge on any atom is 0.0335 e. The van der Waals surface area contributed by atoms with Crippen LogP contribution >= 0.6 is 0 Å². The summed E-state index contributed by atoms with van der Waals surface area (Å²) in [5, 5.41) is 0. The SMILES string of the molecule is CCc1ccc(CC(N)c2ccc(C)cc2)cc1. The molecule has 0 aliphatic carbocycles. The molecule has 2 N–H and O–H groups in total. The normalized spacial score (nSPS) is 12.4. The highest BCUT2D eigenvalue weighted by Crippen LogP contribution is 2.17. The fourth-order valence-electron chi connectivity index (χ4n) is 2.10. The van der Waals surface area contributed by atoms with Gasteiger partial charge in [0.25, 0.3) is 0 Å². The van der Waals surface area contributed by atoms with Crippen molar-refractivity contribution in [1.82, 2.24) is 0 Å². The first-order valence-electron chi connectivity index (χ1n) is 6.59. The second kappa shape index (κ2) is 5.83. The van der Waals surface area contributed by atoms with E-state index in [1.807, 2.05) is 0 Å². The Morgan fingerprint density at radius 1 is 0.889 bits per heavy atom. The smallest absolute Gasteiger partial charge is 0.0335 e. The molecule has 0 saturated heterocycles. The molecule has 1 nitrogen and oxygen atoms in total. The lowest BCUT2D eigenvalue weighted by atomic mass is 9.98. The average molecular weight is 239 g/mol. The Labute approximate surface area is 110 Å². The molecular weight excluding hydrogens is 218 g/mol. The predicted molar refractivity (Wildman–Crippen MR) is 77.6 cm³/mol. The molecule has 18 heavy (non-hydrogen) atoms. The van der Waals surface area contributed by atoms with E-state index >= 15 is 0 Å². The van der Waals surface area contributed by atoms with Crippen LogP contribution in [0.1, 0.15) is 35.2 Å². The standard InChI is InChI=1S/C17H21N/c1-3-14-6-8-15(9-7-14)12-17(18)16-10-4-13(2)5-11-16/h4-11,17H,3,12,18H2,1-2H3. The van der Waals surface area contributed by atoms with Crippen LogP contribution in [-0.2, 0) is 12.8 Å². The van der Waals surface area contributed by atoms with Crippen LogP contribution in [0.5, 0.6) is 0 Å².